The number of hydrogen-bond donors (Lipinski definition) is 1. The number of fused-ring (bicyclic) bond motifs is 3. The smallest absolute Gasteiger partial charge is 0.400 e. The number of nitriles is 1. The van der Waals surface area contributed by atoms with Gasteiger partial charge in [-0.25, -0.2) is 0 Å². The van der Waals surface area contributed by atoms with E-state index in [1.165, 1.54) is 6.20 Å². The largest absolute Gasteiger partial charge is 0.411 e. The van der Waals surface area contributed by atoms with Gasteiger partial charge < -0.3 is 14.5 Å². The van der Waals surface area contributed by atoms with Crippen molar-refractivity contribution in [3.05, 3.63) is 41.8 Å². The van der Waals surface area contributed by atoms with Crippen molar-refractivity contribution in [1.82, 2.24) is 15.2 Å². The van der Waals surface area contributed by atoms with Gasteiger partial charge in [0.1, 0.15) is 11.8 Å². The number of carbonyl (C=O) groups is 1. The Hall–Kier alpha value is -2.85. The van der Waals surface area contributed by atoms with E-state index in [1.807, 2.05) is 6.07 Å². The summed E-state index contributed by atoms with van der Waals surface area (Å²) in [5.74, 6) is 1.08. The second-order valence-electron chi connectivity index (χ2n) is 6.84. The average molecular weight is 352 g/mol. The molecular formula is C19H20N4O3. The van der Waals surface area contributed by atoms with E-state index in [4.69, 9.17) is 14.4 Å². The molecule has 1 aromatic heterocycles. The van der Waals surface area contributed by atoms with Crippen LogP contribution in [-0.4, -0.2) is 41.0 Å². The Morgan fingerprint density at radius 2 is 2.08 bits per heavy atom. The summed E-state index contributed by atoms with van der Waals surface area (Å²) in [6.45, 7) is 4.47. The number of benzene rings is 1. The molecule has 5 rings (SSSR count). The first-order valence-corrected chi connectivity index (χ1v) is 8.83. The summed E-state index contributed by atoms with van der Waals surface area (Å²) in [4.78, 5) is 18.9. The van der Waals surface area contributed by atoms with Gasteiger partial charge in [0.25, 0.3) is 5.91 Å². The Morgan fingerprint density at radius 1 is 1.35 bits per heavy atom. The SMILES string of the molecule is CC1C(NC(=O)c2ccc(Oc3ncc(C#N)o3)cc2)C2CCN1CC2. The van der Waals surface area contributed by atoms with Crippen molar-refractivity contribution < 1.29 is 13.9 Å². The van der Waals surface area contributed by atoms with Crippen LogP contribution in [0.5, 0.6) is 11.8 Å². The molecule has 1 amide bonds. The van der Waals surface area contributed by atoms with Crippen molar-refractivity contribution in [2.24, 2.45) is 5.92 Å². The molecule has 0 aliphatic carbocycles. The number of rotatable bonds is 4. The number of oxazole rings is 1. The summed E-state index contributed by atoms with van der Waals surface area (Å²) in [5, 5.41) is 11.9. The van der Waals surface area contributed by atoms with Gasteiger partial charge in [-0.2, -0.15) is 10.2 Å². The lowest BCUT2D eigenvalue weighted by Crippen LogP contribution is -2.62. The first-order chi connectivity index (χ1) is 12.6. The van der Waals surface area contributed by atoms with Crippen LogP contribution in [-0.2, 0) is 0 Å². The molecule has 3 saturated heterocycles. The maximum atomic E-state index is 12.6. The monoisotopic (exact) mass is 352 g/mol. The lowest BCUT2D eigenvalue weighted by Gasteiger charge is -2.49. The van der Waals surface area contributed by atoms with Gasteiger partial charge in [-0.1, -0.05) is 0 Å². The molecule has 7 heteroatoms. The third kappa shape index (κ3) is 3.16. The van der Waals surface area contributed by atoms with Gasteiger partial charge in [-0.05, 0) is 63.0 Å². The summed E-state index contributed by atoms with van der Waals surface area (Å²) >= 11 is 0. The molecule has 0 saturated carbocycles. The van der Waals surface area contributed by atoms with Crippen LogP contribution in [0.3, 0.4) is 0 Å². The zero-order valence-corrected chi connectivity index (χ0v) is 14.5. The number of carbonyl (C=O) groups excluding carboxylic acids is 1. The molecule has 3 aliphatic heterocycles. The molecule has 2 bridgehead atoms. The van der Waals surface area contributed by atoms with E-state index >= 15 is 0 Å². The molecule has 2 aromatic rings. The van der Waals surface area contributed by atoms with Crippen molar-refractivity contribution in [1.29, 1.82) is 5.26 Å². The summed E-state index contributed by atoms with van der Waals surface area (Å²) in [6, 6.07) is 9.23. The van der Waals surface area contributed by atoms with Crippen LogP contribution in [0.25, 0.3) is 0 Å². The Balaban J connectivity index is 1.40. The third-order valence-corrected chi connectivity index (χ3v) is 5.39. The van der Waals surface area contributed by atoms with Gasteiger partial charge in [0.2, 0.25) is 5.76 Å². The van der Waals surface area contributed by atoms with Gasteiger partial charge >= 0.3 is 6.08 Å². The summed E-state index contributed by atoms with van der Waals surface area (Å²) in [6.07, 6.45) is 3.61. The molecule has 2 unspecified atom stereocenters. The zero-order valence-electron chi connectivity index (χ0n) is 14.5. The normalized spacial score (nSPS) is 26.9. The standard InChI is InChI=1S/C19H20N4O3/c1-12-17(13-6-8-23(12)9-7-13)22-18(24)14-2-4-15(5-3-14)25-19-21-11-16(10-20)26-19/h2-5,11-13,17H,6-9H2,1H3,(H,22,24). The predicted octanol–water partition coefficient (Wildman–Crippen LogP) is 2.55. The van der Waals surface area contributed by atoms with Gasteiger partial charge in [0, 0.05) is 17.6 Å². The number of amides is 1. The van der Waals surface area contributed by atoms with Gasteiger partial charge in [0.05, 0.1) is 6.20 Å². The molecule has 1 N–H and O–H groups in total. The van der Waals surface area contributed by atoms with Crippen molar-refractivity contribution in [3.63, 3.8) is 0 Å². The molecule has 2 atom stereocenters. The lowest BCUT2D eigenvalue weighted by molar-refractivity contribution is 0.0217. The minimum atomic E-state index is -0.0648. The number of nitrogens with one attached hydrogen (secondary N) is 1. The fraction of sp³-hybridized carbons (Fsp3) is 0.421. The van der Waals surface area contributed by atoms with E-state index in [2.05, 4.69) is 22.1 Å². The first kappa shape index (κ1) is 16.6. The Morgan fingerprint density at radius 3 is 2.69 bits per heavy atom. The topological polar surface area (TPSA) is 91.4 Å². The van der Waals surface area contributed by atoms with E-state index in [9.17, 15) is 4.79 Å². The Kier molecular flexibility index (Phi) is 4.35. The second-order valence-corrected chi connectivity index (χ2v) is 6.84. The van der Waals surface area contributed by atoms with Gasteiger partial charge in [-0.3, -0.25) is 9.69 Å². The lowest BCUT2D eigenvalue weighted by atomic mass is 9.79. The van der Waals surface area contributed by atoms with Crippen LogP contribution in [0, 0.1) is 17.2 Å². The minimum absolute atomic E-state index is 0.000133. The van der Waals surface area contributed by atoms with Gasteiger partial charge in [-0.15, -0.1) is 0 Å². The van der Waals surface area contributed by atoms with Crippen LogP contribution in [0.2, 0.25) is 0 Å². The Bertz CT molecular complexity index is 829. The highest BCUT2D eigenvalue weighted by Crippen LogP contribution is 2.32. The number of aromatic nitrogens is 1. The molecule has 0 spiro atoms. The third-order valence-electron chi connectivity index (χ3n) is 5.39. The van der Waals surface area contributed by atoms with E-state index < -0.39 is 0 Å². The van der Waals surface area contributed by atoms with E-state index in [0.29, 0.717) is 23.3 Å². The highest BCUT2D eigenvalue weighted by molar-refractivity contribution is 5.94. The molecule has 26 heavy (non-hydrogen) atoms. The number of nitrogens with zero attached hydrogens (tertiary/aromatic N) is 3. The van der Waals surface area contributed by atoms with Crippen molar-refractivity contribution in [3.8, 4) is 17.9 Å². The molecule has 0 radical (unpaired) electrons. The molecule has 134 valence electrons. The fourth-order valence-electron chi connectivity index (χ4n) is 3.91. The number of hydrogen-bond acceptors (Lipinski definition) is 6. The van der Waals surface area contributed by atoms with Crippen molar-refractivity contribution in [2.75, 3.05) is 13.1 Å². The van der Waals surface area contributed by atoms with E-state index in [0.717, 1.165) is 25.9 Å². The zero-order chi connectivity index (χ0) is 18.1. The minimum Gasteiger partial charge on any atom is -0.411 e. The molecule has 1 aromatic carbocycles. The predicted molar refractivity (Wildman–Crippen MR) is 92.7 cm³/mol. The van der Waals surface area contributed by atoms with E-state index in [-0.39, 0.29) is 23.8 Å². The number of piperidine rings is 3. The summed E-state index contributed by atoms with van der Waals surface area (Å²) in [7, 11) is 0. The fourth-order valence-corrected chi connectivity index (χ4v) is 3.91. The quantitative estimate of drug-likeness (QED) is 0.909. The summed E-state index contributed by atoms with van der Waals surface area (Å²) < 4.78 is 10.5. The average Bonchev–Trinajstić information content (AvgIpc) is 3.13. The van der Waals surface area contributed by atoms with Crippen LogP contribution in [0.15, 0.2) is 34.9 Å². The highest BCUT2D eigenvalue weighted by atomic mass is 16.6. The van der Waals surface area contributed by atoms with Crippen LogP contribution in [0.1, 0.15) is 35.9 Å². The van der Waals surface area contributed by atoms with Crippen LogP contribution in [0.4, 0.5) is 0 Å². The van der Waals surface area contributed by atoms with Crippen molar-refractivity contribution >= 4 is 5.91 Å². The second kappa shape index (κ2) is 6.81. The molecule has 3 fully saturated rings. The molecule has 7 nitrogen and oxygen atoms in total. The van der Waals surface area contributed by atoms with E-state index in [1.54, 1.807) is 24.3 Å². The van der Waals surface area contributed by atoms with Crippen LogP contribution >= 0.6 is 0 Å². The molecular weight excluding hydrogens is 332 g/mol. The van der Waals surface area contributed by atoms with Crippen LogP contribution < -0.4 is 10.1 Å². The summed E-state index contributed by atoms with van der Waals surface area (Å²) in [5.41, 5.74) is 0.589. The highest BCUT2D eigenvalue weighted by Gasteiger charge is 2.40. The molecule has 3 aliphatic rings. The maximum Gasteiger partial charge on any atom is 0.400 e. The first-order valence-electron chi connectivity index (χ1n) is 8.83. The van der Waals surface area contributed by atoms with Gasteiger partial charge in [0.15, 0.2) is 0 Å². The number of ether oxygens (including phenoxy) is 1. The molecule has 4 heterocycles. The Labute approximate surface area is 151 Å². The van der Waals surface area contributed by atoms with Crippen molar-refractivity contribution in [2.45, 2.75) is 31.8 Å². The maximum absolute atomic E-state index is 12.6.